The Morgan fingerprint density at radius 3 is 2.19 bits per heavy atom. The summed E-state index contributed by atoms with van der Waals surface area (Å²) >= 11 is 0. The van der Waals surface area contributed by atoms with Gasteiger partial charge in [-0.05, 0) is 40.8 Å². The molecule has 1 fully saturated rings. The van der Waals surface area contributed by atoms with Gasteiger partial charge in [-0.1, -0.05) is 45.0 Å². The lowest BCUT2D eigenvalue weighted by Crippen LogP contribution is -2.58. The molecule has 0 spiro atoms. The van der Waals surface area contributed by atoms with Crippen LogP contribution in [-0.4, -0.2) is 74.1 Å². The Morgan fingerprint density at radius 1 is 1.08 bits per heavy atom. The first kappa shape index (κ1) is 27.9. The van der Waals surface area contributed by atoms with Gasteiger partial charge >= 0.3 is 5.97 Å². The molecule has 3 rings (SSSR count). The van der Waals surface area contributed by atoms with E-state index in [-0.39, 0.29) is 34.8 Å². The molecule has 198 valence electrons. The minimum Gasteiger partial charge on any atom is -0.508 e. The van der Waals surface area contributed by atoms with Gasteiger partial charge in [0.2, 0.25) is 15.9 Å². The van der Waals surface area contributed by atoms with Gasteiger partial charge in [-0.25, -0.2) is 13.2 Å². The number of nitrogens with zero attached hydrogens (tertiary/aromatic N) is 1. The zero-order valence-corrected chi connectivity index (χ0v) is 21.9. The zero-order chi connectivity index (χ0) is 26.9. The molecule has 1 aliphatic heterocycles. The van der Waals surface area contributed by atoms with Crippen molar-refractivity contribution >= 4 is 32.5 Å². The Hall–Kier alpha value is -2.64. The maximum atomic E-state index is 13.5. The highest BCUT2D eigenvalue weighted by atomic mass is 32.3. The molecule has 36 heavy (non-hydrogen) atoms. The van der Waals surface area contributed by atoms with Gasteiger partial charge in [0.15, 0.2) is 0 Å². The first-order valence-electron chi connectivity index (χ1n) is 11.3. The molecule has 0 aromatic heterocycles. The third-order valence-corrected chi connectivity index (χ3v) is 9.64. The second kappa shape index (κ2) is 10.4. The number of rotatable bonds is 7. The van der Waals surface area contributed by atoms with E-state index in [0.717, 1.165) is 9.87 Å². The summed E-state index contributed by atoms with van der Waals surface area (Å²) in [4.78, 5) is 25.0. The Kier molecular flexibility index (Phi) is 8.06. The Bertz CT molecular complexity index is 1210. The molecule has 2 atom stereocenters. The molecule has 0 bridgehead atoms. The Labute approximate surface area is 212 Å². The van der Waals surface area contributed by atoms with Crippen LogP contribution in [0, 0.1) is 0 Å². The van der Waals surface area contributed by atoms with Crippen LogP contribution in [0.4, 0.5) is 0 Å². The molecule has 5 N–H and O–H groups in total. The summed E-state index contributed by atoms with van der Waals surface area (Å²) in [6.45, 7) is 5.66. The van der Waals surface area contributed by atoms with Crippen molar-refractivity contribution in [1.29, 1.82) is 0 Å². The first-order chi connectivity index (χ1) is 16.6. The number of carbonyl (C=O) groups excluding carboxylic acids is 1. The number of aromatic hydroxyl groups is 1. The van der Waals surface area contributed by atoms with E-state index in [1.807, 2.05) is 20.8 Å². The SMILES string of the molecule is CC(C)(C)c1ccc(S(=O)(=O)N2CCS(O)(O)C[C@H]2C(=O)N[C@@H](Cc2ccc(O)cc2)C(=O)O)cc1. The molecule has 0 unspecified atom stereocenters. The van der Waals surface area contributed by atoms with E-state index in [9.17, 15) is 37.3 Å². The molecular weight excluding hydrogens is 508 g/mol. The van der Waals surface area contributed by atoms with Gasteiger partial charge in [0.1, 0.15) is 17.8 Å². The number of hydrogen-bond acceptors (Lipinski definition) is 7. The smallest absolute Gasteiger partial charge is 0.326 e. The Balaban J connectivity index is 1.87. The van der Waals surface area contributed by atoms with E-state index in [4.69, 9.17) is 0 Å². The Morgan fingerprint density at radius 2 is 1.67 bits per heavy atom. The van der Waals surface area contributed by atoms with Crippen molar-refractivity contribution in [3.63, 3.8) is 0 Å². The fourth-order valence-corrected chi connectivity index (χ4v) is 7.19. The zero-order valence-electron chi connectivity index (χ0n) is 20.3. The van der Waals surface area contributed by atoms with E-state index in [1.54, 1.807) is 12.1 Å². The highest BCUT2D eigenvalue weighted by Gasteiger charge is 2.43. The van der Waals surface area contributed by atoms with Crippen LogP contribution in [0.15, 0.2) is 53.4 Å². The van der Waals surface area contributed by atoms with Crippen molar-refractivity contribution in [3.8, 4) is 5.75 Å². The summed E-state index contributed by atoms with van der Waals surface area (Å²) in [5, 5.41) is 21.4. The molecule has 1 heterocycles. The number of carboxylic acid groups (broad SMARTS) is 1. The predicted octanol–water partition coefficient (Wildman–Crippen LogP) is 2.63. The highest BCUT2D eigenvalue weighted by Crippen LogP contribution is 2.44. The second-order valence-electron chi connectivity index (χ2n) is 9.85. The van der Waals surface area contributed by atoms with E-state index < -0.39 is 50.3 Å². The summed E-state index contributed by atoms with van der Waals surface area (Å²) in [5.74, 6) is -3.05. The number of phenolic OH excluding ortho intramolecular Hbond substituents is 1. The number of aliphatic carboxylic acids is 1. The number of nitrogens with one attached hydrogen (secondary N) is 1. The standard InChI is InChI=1S/C24H32N2O8S2/c1-24(2,3)17-6-10-19(11-7-17)36(33,34)26-12-13-35(31,32)15-21(26)22(28)25-20(23(29)30)14-16-4-8-18(27)9-5-16/h4-11,20-21,27,31-32H,12-15H2,1-3H3,(H,25,28)(H,29,30)/t20-,21-/m0/s1. The molecule has 2 aromatic rings. The number of benzene rings is 2. The molecule has 0 saturated carbocycles. The number of amides is 1. The van der Waals surface area contributed by atoms with Gasteiger partial charge in [-0.15, -0.1) is 0 Å². The number of hydrogen-bond donors (Lipinski definition) is 5. The van der Waals surface area contributed by atoms with Gasteiger partial charge in [-0.3, -0.25) is 13.9 Å². The van der Waals surface area contributed by atoms with E-state index >= 15 is 0 Å². The maximum Gasteiger partial charge on any atom is 0.326 e. The van der Waals surface area contributed by atoms with Crippen molar-refractivity contribution in [2.75, 3.05) is 18.1 Å². The van der Waals surface area contributed by atoms with Crippen LogP contribution in [0.1, 0.15) is 31.9 Å². The monoisotopic (exact) mass is 540 g/mol. The van der Waals surface area contributed by atoms with Crippen molar-refractivity contribution in [2.45, 2.75) is 49.6 Å². The summed E-state index contributed by atoms with van der Waals surface area (Å²) in [7, 11) is -7.44. The van der Waals surface area contributed by atoms with Crippen LogP contribution in [-0.2, 0) is 31.4 Å². The van der Waals surface area contributed by atoms with Crippen LogP contribution in [0.25, 0.3) is 0 Å². The predicted molar refractivity (Wildman–Crippen MR) is 137 cm³/mol. The van der Waals surface area contributed by atoms with Crippen molar-refractivity contribution in [1.82, 2.24) is 9.62 Å². The topological polar surface area (TPSA) is 164 Å². The molecule has 1 amide bonds. The highest BCUT2D eigenvalue weighted by molar-refractivity contribution is 8.24. The molecule has 1 saturated heterocycles. The molecule has 0 radical (unpaired) electrons. The minimum atomic E-state index is -4.20. The van der Waals surface area contributed by atoms with Crippen LogP contribution in [0.2, 0.25) is 0 Å². The van der Waals surface area contributed by atoms with Crippen molar-refractivity contribution < 1.29 is 37.3 Å². The normalized spacial score (nSPS) is 20.3. The van der Waals surface area contributed by atoms with Crippen molar-refractivity contribution in [3.05, 3.63) is 59.7 Å². The number of carboxylic acids is 1. The number of phenols is 1. The molecule has 1 aliphatic rings. The molecule has 2 aromatic carbocycles. The van der Waals surface area contributed by atoms with Gasteiger partial charge in [0.05, 0.1) is 16.4 Å². The lowest BCUT2D eigenvalue weighted by Gasteiger charge is -2.44. The summed E-state index contributed by atoms with van der Waals surface area (Å²) in [5.41, 5.74) is 1.24. The van der Waals surface area contributed by atoms with E-state index in [1.165, 1.54) is 36.4 Å². The molecular formula is C24H32N2O8S2. The summed E-state index contributed by atoms with van der Waals surface area (Å²) < 4.78 is 48.4. The summed E-state index contributed by atoms with van der Waals surface area (Å²) in [6.07, 6.45) is -0.120. The third kappa shape index (κ3) is 6.56. The average Bonchev–Trinajstić information content (AvgIpc) is 2.78. The molecule has 0 aliphatic carbocycles. The number of sulfonamides is 1. The van der Waals surface area contributed by atoms with Crippen LogP contribution < -0.4 is 5.32 Å². The largest absolute Gasteiger partial charge is 0.508 e. The van der Waals surface area contributed by atoms with Gasteiger partial charge < -0.3 is 15.5 Å². The quantitative estimate of drug-likeness (QED) is 0.358. The van der Waals surface area contributed by atoms with Crippen LogP contribution in [0.3, 0.4) is 0 Å². The minimum absolute atomic E-state index is 0.00143. The molecule has 10 nitrogen and oxygen atoms in total. The third-order valence-electron chi connectivity index (χ3n) is 6.03. The second-order valence-corrected chi connectivity index (χ2v) is 14.1. The first-order valence-corrected chi connectivity index (χ1v) is 14.6. The van der Waals surface area contributed by atoms with Crippen LogP contribution in [0.5, 0.6) is 5.75 Å². The molecule has 12 heteroatoms. The number of carbonyl (C=O) groups is 2. The van der Waals surface area contributed by atoms with Crippen molar-refractivity contribution in [2.24, 2.45) is 0 Å². The fourth-order valence-electron chi connectivity index (χ4n) is 3.90. The van der Waals surface area contributed by atoms with Gasteiger partial charge in [-0.2, -0.15) is 14.9 Å². The maximum absolute atomic E-state index is 13.5. The average molecular weight is 541 g/mol. The summed E-state index contributed by atoms with van der Waals surface area (Å²) in [6, 6.07) is 9.15. The van der Waals surface area contributed by atoms with Gasteiger partial charge in [0.25, 0.3) is 0 Å². The lowest BCUT2D eigenvalue weighted by atomic mass is 9.87. The fraction of sp³-hybridized carbons (Fsp3) is 0.417. The lowest BCUT2D eigenvalue weighted by molar-refractivity contribution is -0.142. The van der Waals surface area contributed by atoms with E-state index in [0.29, 0.717) is 5.56 Å². The van der Waals surface area contributed by atoms with Gasteiger partial charge in [0, 0.05) is 13.0 Å². The van der Waals surface area contributed by atoms with Crippen LogP contribution >= 0.6 is 10.6 Å². The van der Waals surface area contributed by atoms with E-state index in [2.05, 4.69) is 5.32 Å².